The second kappa shape index (κ2) is 11.6. The lowest BCUT2D eigenvalue weighted by Gasteiger charge is -2.21. The van der Waals surface area contributed by atoms with Crippen LogP contribution in [0, 0.1) is 6.92 Å². The molecular weight excluding hydrogens is 620 g/mol. The minimum atomic E-state index is -0.474. The van der Waals surface area contributed by atoms with Crippen LogP contribution in [0.2, 0.25) is 5.02 Å². The van der Waals surface area contributed by atoms with Crippen molar-refractivity contribution in [3.63, 3.8) is 0 Å². The van der Waals surface area contributed by atoms with Gasteiger partial charge < -0.3 is 14.8 Å². The summed E-state index contributed by atoms with van der Waals surface area (Å²) in [4.78, 5) is 35.0. The number of anilines is 1. The molecule has 1 aliphatic heterocycles. The second-order valence-electron chi connectivity index (χ2n) is 11.3. The van der Waals surface area contributed by atoms with E-state index >= 15 is 0 Å². The number of fused-ring (bicyclic) bond motifs is 2. The molecule has 0 saturated carbocycles. The summed E-state index contributed by atoms with van der Waals surface area (Å²) in [6.45, 7) is 1.95. The Morgan fingerprint density at radius 1 is 0.915 bits per heavy atom. The van der Waals surface area contributed by atoms with Crippen LogP contribution in [0.1, 0.15) is 29.3 Å². The van der Waals surface area contributed by atoms with Crippen LogP contribution in [0.3, 0.4) is 0 Å². The maximum absolute atomic E-state index is 12.9. The molecule has 6 aromatic rings. The van der Waals surface area contributed by atoms with Gasteiger partial charge in [-0.15, -0.1) is 0 Å². The summed E-state index contributed by atoms with van der Waals surface area (Å²) < 4.78 is 17.8. The van der Waals surface area contributed by atoms with Crippen LogP contribution < -0.4 is 26.0 Å². The third kappa shape index (κ3) is 5.16. The number of hydrogen-bond acceptors (Lipinski definition) is 8. The van der Waals surface area contributed by atoms with Gasteiger partial charge in [-0.2, -0.15) is 10.1 Å². The Morgan fingerprint density at radius 2 is 1.66 bits per heavy atom. The van der Waals surface area contributed by atoms with Crippen molar-refractivity contribution >= 4 is 40.0 Å². The van der Waals surface area contributed by atoms with Gasteiger partial charge in [0.25, 0.3) is 5.56 Å². The summed E-state index contributed by atoms with van der Waals surface area (Å²) in [6, 6.07) is 23.1. The van der Waals surface area contributed by atoms with E-state index in [1.165, 1.54) is 16.2 Å². The molecule has 1 aliphatic rings. The lowest BCUT2D eigenvalue weighted by molar-refractivity contribution is 0.362. The Hall–Kier alpha value is -5.62. The zero-order valence-corrected chi connectivity index (χ0v) is 27.1. The van der Waals surface area contributed by atoms with Crippen molar-refractivity contribution in [1.29, 1.82) is 0 Å². The summed E-state index contributed by atoms with van der Waals surface area (Å²) >= 11 is 6.22. The van der Waals surface area contributed by atoms with Gasteiger partial charge in [0, 0.05) is 32.6 Å². The van der Waals surface area contributed by atoms with E-state index in [0.29, 0.717) is 22.9 Å². The van der Waals surface area contributed by atoms with Crippen LogP contribution >= 0.6 is 11.6 Å². The Morgan fingerprint density at radius 3 is 2.38 bits per heavy atom. The van der Waals surface area contributed by atoms with Crippen LogP contribution in [0.4, 0.5) is 11.5 Å². The zero-order chi connectivity index (χ0) is 33.0. The largest absolute Gasteiger partial charge is 0.493 e. The predicted octanol–water partition coefficient (Wildman–Crippen LogP) is 5.60. The lowest BCUT2D eigenvalue weighted by atomic mass is 9.97. The third-order valence-electron chi connectivity index (χ3n) is 8.39. The van der Waals surface area contributed by atoms with E-state index in [9.17, 15) is 9.59 Å². The molecule has 1 unspecified atom stereocenters. The number of nitrogens with one attached hydrogen (secondary N) is 1. The van der Waals surface area contributed by atoms with Crippen molar-refractivity contribution in [3.05, 3.63) is 115 Å². The number of hydrogen-bond donors (Lipinski definition) is 1. The summed E-state index contributed by atoms with van der Waals surface area (Å²) in [5.74, 6) is 1.62. The molecule has 13 heteroatoms. The highest BCUT2D eigenvalue weighted by atomic mass is 35.5. The lowest BCUT2D eigenvalue weighted by Crippen LogP contribution is -2.37. The van der Waals surface area contributed by atoms with Crippen molar-refractivity contribution in [2.24, 2.45) is 26.1 Å². The number of ether oxygens (including phenoxy) is 2. The molecule has 0 aliphatic carbocycles. The van der Waals surface area contributed by atoms with Gasteiger partial charge in [0.2, 0.25) is 0 Å². The molecule has 1 atom stereocenters. The topological polar surface area (TPSA) is 122 Å². The van der Waals surface area contributed by atoms with E-state index < -0.39 is 11.2 Å². The fraction of sp³-hybridized carbons (Fsp3) is 0.206. The highest BCUT2D eigenvalue weighted by Crippen LogP contribution is 2.41. The number of aliphatic imine (C=N–C) groups is 1. The summed E-state index contributed by atoms with van der Waals surface area (Å²) in [5.41, 5.74) is 4.75. The number of benzene rings is 3. The standard InChI is InChI=1S/C34H31ClN8O4/c1-19-28-30(43(39-19)23-9-7-6-8-10-23)37-25(18-24(36-28)20-11-14-22(35)15-12-20)21-13-16-26(27(17-21)46-5)47-33-38-31-29(40(33)2)32(44)42(4)34(45)41(31)3/h6-17,25,37H,18H2,1-5H3. The van der Waals surface area contributed by atoms with Crippen molar-refractivity contribution in [1.82, 2.24) is 28.5 Å². The third-order valence-corrected chi connectivity index (χ3v) is 8.64. The van der Waals surface area contributed by atoms with E-state index in [0.717, 1.165) is 44.3 Å². The van der Waals surface area contributed by atoms with E-state index in [1.54, 1.807) is 27.3 Å². The molecular formula is C34H31ClN8O4. The number of nitrogens with zero attached hydrogens (tertiary/aromatic N) is 7. The number of imidazole rings is 1. The quantitative estimate of drug-likeness (QED) is 0.249. The van der Waals surface area contributed by atoms with Gasteiger partial charge >= 0.3 is 11.7 Å². The number of rotatable bonds is 6. The molecule has 0 amide bonds. The van der Waals surface area contributed by atoms with Gasteiger partial charge in [-0.25, -0.2) is 14.5 Å². The van der Waals surface area contributed by atoms with Gasteiger partial charge in [0.15, 0.2) is 28.5 Å². The Balaban J connectivity index is 1.30. The van der Waals surface area contributed by atoms with Gasteiger partial charge in [0.05, 0.1) is 30.2 Å². The smallest absolute Gasteiger partial charge is 0.332 e. The fourth-order valence-corrected chi connectivity index (χ4v) is 5.95. The van der Waals surface area contributed by atoms with Crippen molar-refractivity contribution in [2.45, 2.75) is 19.4 Å². The van der Waals surface area contributed by atoms with Gasteiger partial charge in [-0.3, -0.25) is 18.5 Å². The molecule has 0 bridgehead atoms. The Labute approximate surface area is 274 Å². The average Bonchev–Trinajstić information content (AvgIpc) is 3.48. The molecule has 3 aromatic heterocycles. The number of para-hydroxylation sites is 1. The first-order valence-electron chi connectivity index (χ1n) is 14.9. The van der Waals surface area contributed by atoms with Gasteiger partial charge in [0.1, 0.15) is 5.69 Å². The molecule has 0 fully saturated rings. The Kier molecular flexibility index (Phi) is 7.44. The number of aryl methyl sites for hydroxylation is 3. The van der Waals surface area contributed by atoms with Crippen LogP contribution in [0.15, 0.2) is 87.4 Å². The molecule has 4 heterocycles. The van der Waals surface area contributed by atoms with Crippen LogP contribution in [-0.4, -0.2) is 41.3 Å². The van der Waals surface area contributed by atoms with Crippen LogP contribution in [-0.2, 0) is 21.1 Å². The normalized spacial score (nSPS) is 14.3. The van der Waals surface area contributed by atoms with Crippen molar-refractivity contribution < 1.29 is 9.47 Å². The Bertz CT molecular complexity index is 2320. The SMILES string of the molecule is COc1cc(C2CC(c3ccc(Cl)cc3)=Nc3c(C)nn(-c4ccccc4)c3N2)ccc1Oc1nc2c(c(=O)n(C)c(=O)n2C)n1C. The molecule has 47 heavy (non-hydrogen) atoms. The number of methoxy groups -OCH3 is 1. The zero-order valence-electron chi connectivity index (χ0n) is 26.4. The maximum atomic E-state index is 12.9. The van der Waals surface area contributed by atoms with Crippen molar-refractivity contribution in [2.75, 3.05) is 12.4 Å². The second-order valence-corrected chi connectivity index (χ2v) is 11.8. The van der Waals surface area contributed by atoms with Crippen molar-refractivity contribution in [3.8, 4) is 23.2 Å². The summed E-state index contributed by atoms with van der Waals surface area (Å²) in [6.07, 6.45) is 0.552. The molecule has 12 nitrogen and oxygen atoms in total. The highest BCUT2D eigenvalue weighted by molar-refractivity contribution is 6.30. The summed E-state index contributed by atoms with van der Waals surface area (Å²) in [7, 11) is 6.22. The van der Waals surface area contributed by atoms with E-state index in [2.05, 4.69) is 10.3 Å². The maximum Gasteiger partial charge on any atom is 0.332 e. The predicted molar refractivity (Wildman–Crippen MR) is 181 cm³/mol. The highest BCUT2D eigenvalue weighted by Gasteiger charge is 2.28. The van der Waals surface area contributed by atoms with E-state index in [1.807, 2.05) is 78.3 Å². The molecule has 7 rings (SSSR count). The molecule has 0 saturated heterocycles. The molecule has 0 radical (unpaired) electrons. The van der Waals surface area contributed by atoms with Gasteiger partial charge in [-0.05, 0) is 54.4 Å². The minimum Gasteiger partial charge on any atom is -0.493 e. The first-order chi connectivity index (χ1) is 22.6. The first kappa shape index (κ1) is 30.1. The number of halogens is 1. The average molecular weight is 651 g/mol. The minimum absolute atomic E-state index is 0.140. The van der Waals surface area contributed by atoms with E-state index in [-0.39, 0.29) is 23.2 Å². The monoisotopic (exact) mass is 650 g/mol. The summed E-state index contributed by atoms with van der Waals surface area (Å²) in [5, 5.41) is 9.22. The molecule has 0 spiro atoms. The van der Waals surface area contributed by atoms with Gasteiger partial charge in [-0.1, -0.05) is 48.0 Å². The molecule has 1 N–H and O–H groups in total. The first-order valence-corrected chi connectivity index (χ1v) is 15.3. The molecule has 3 aromatic carbocycles. The molecule has 238 valence electrons. The van der Waals surface area contributed by atoms with Crippen LogP contribution in [0.25, 0.3) is 16.9 Å². The van der Waals surface area contributed by atoms with Crippen LogP contribution in [0.5, 0.6) is 17.5 Å². The van der Waals surface area contributed by atoms with E-state index in [4.69, 9.17) is 31.2 Å². The number of aromatic nitrogens is 6. The fourth-order valence-electron chi connectivity index (χ4n) is 5.83.